The Kier molecular flexibility index (Phi) is 5.80. The van der Waals surface area contributed by atoms with Crippen molar-refractivity contribution in [3.8, 4) is 0 Å². The summed E-state index contributed by atoms with van der Waals surface area (Å²) in [6, 6.07) is 4.35. The fraction of sp³-hybridized carbons (Fsp3) is 0.538. The number of nitro benzene ring substituents is 1. The Morgan fingerprint density at radius 2 is 2.00 bits per heavy atom. The molecule has 0 aromatic heterocycles. The molecule has 1 aromatic rings. The monoisotopic (exact) mass is 305 g/mol. The lowest BCUT2D eigenvalue weighted by atomic mass is 10.2. The summed E-state index contributed by atoms with van der Waals surface area (Å²) in [6.07, 6.45) is -3.67. The van der Waals surface area contributed by atoms with Gasteiger partial charge in [-0.15, -0.1) is 0 Å². The number of rotatable bonds is 7. The number of nitrogens with one attached hydrogen (secondary N) is 1. The van der Waals surface area contributed by atoms with Crippen molar-refractivity contribution in [3.63, 3.8) is 0 Å². The molecule has 0 fully saturated rings. The summed E-state index contributed by atoms with van der Waals surface area (Å²) in [7, 11) is 0. The van der Waals surface area contributed by atoms with Crippen LogP contribution in [0.25, 0.3) is 0 Å². The van der Waals surface area contributed by atoms with Gasteiger partial charge in [0.2, 0.25) is 0 Å². The van der Waals surface area contributed by atoms with Crippen molar-refractivity contribution in [1.82, 2.24) is 0 Å². The molecule has 0 saturated heterocycles. The second-order valence-electron chi connectivity index (χ2n) is 4.49. The first-order chi connectivity index (χ1) is 9.80. The zero-order chi connectivity index (χ0) is 16.0. The van der Waals surface area contributed by atoms with Gasteiger partial charge in [-0.25, -0.2) is 0 Å². The second kappa shape index (κ2) is 7.14. The van der Waals surface area contributed by atoms with Gasteiger partial charge >= 0.3 is 11.9 Å². The first-order valence-corrected chi connectivity index (χ1v) is 6.63. The van der Waals surface area contributed by atoms with Crippen LogP contribution in [-0.2, 0) is 0 Å². The maximum atomic E-state index is 12.6. The number of hydrogen-bond acceptors (Lipinski definition) is 4. The Morgan fingerprint density at radius 3 is 2.48 bits per heavy atom. The summed E-state index contributed by atoms with van der Waals surface area (Å²) in [5, 5.41) is 14.1. The van der Waals surface area contributed by atoms with Crippen LogP contribution in [0.15, 0.2) is 18.2 Å². The van der Waals surface area contributed by atoms with Crippen LogP contribution in [0.4, 0.5) is 30.2 Å². The molecule has 118 valence electrons. The van der Waals surface area contributed by atoms with Crippen molar-refractivity contribution >= 4 is 17.1 Å². The second-order valence-corrected chi connectivity index (χ2v) is 4.49. The van der Waals surface area contributed by atoms with Crippen LogP contribution in [0.3, 0.4) is 0 Å². The molecule has 8 heteroatoms. The number of hydrogen-bond donors (Lipinski definition) is 1. The molecule has 0 spiro atoms. The average Bonchev–Trinajstić information content (AvgIpc) is 2.40. The van der Waals surface area contributed by atoms with Crippen LogP contribution in [-0.4, -0.2) is 30.7 Å². The molecule has 0 unspecified atom stereocenters. The van der Waals surface area contributed by atoms with Crippen LogP contribution in [0.1, 0.15) is 20.3 Å². The lowest BCUT2D eigenvalue weighted by Crippen LogP contribution is -2.34. The Hall–Kier alpha value is -1.99. The summed E-state index contributed by atoms with van der Waals surface area (Å²) in [4.78, 5) is 11.6. The van der Waals surface area contributed by atoms with Crippen molar-refractivity contribution in [2.45, 2.75) is 26.4 Å². The van der Waals surface area contributed by atoms with Gasteiger partial charge in [-0.2, -0.15) is 13.2 Å². The van der Waals surface area contributed by atoms with Crippen LogP contribution in [0.5, 0.6) is 0 Å². The molecule has 21 heavy (non-hydrogen) atoms. The fourth-order valence-electron chi connectivity index (χ4n) is 1.96. The molecule has 0 aliphatic rings. The number of alkyl halides is 3. The number of para-hydroxylation sites is 1. The number of nitrogens with zero attached hydrogens (tertiary/aromatic N) is 2. The highest BCUT2D eigenvalue weighted by Crippen LogP contribution is 2.36. The van der Waals surface area contributed by atoms with Crippen LogP contribution in [0.2, 0.25) is 0 Å². The highest BCUT2D eigenvalue weighted by Gasteiger charge is 2.33. The zero-order valence-electron chi connectivity index (χ0n) is 11.9. The summed E-state index contributed by atoms with van der Waals surface area (Å²) in [6.45, 7) is 2.74. The standard InChI is InChI=1S/C13H18F3N3O2/c1-3-8-17-10-6-5-7-11(12(10)19(20)21)18(4-2)9-13(14,15)16/h5-7,17H,3-4,8-9H2,1-2H3. The maximum Gasteiger partial charge on any atom is 0.405 e. The lowest BCUT2D eigenvalue weighted by molar-refractivity contribution is -0.383. The predicted molar refractivity (Wildman–Crippen MR) is 75.8 cm³/mol. The average molecular weight is 305 g/mol. The molecule has 1 aromatic carbocycles. The molecule has 0 saturated carbocycles. The van der Waals surface area contributed by atoms with E-state index >= 15 is 0 Å². The van der Waals surface area contributed by atoms with Crippen LogP contribution >= 0.6 is 0 Å². The number of halogens is 3. The van der Waals surface area contributed by atoms with Crippen molar-refractivity contribution < 1.29 is 18.1 Å². The number of nitro groups is 1. The molecule has 0 aliphatic carbocycles. The van der Waals surface area contributed by atoms with Gasteiger partial charge in [-0.3, -0.25) is 10.1 Å². The molecule has 0 bridgehead atoms. The van der Waals surface area contributed by atoms with Crippen LogP contribution < -0.4 is 10.2 Å². The smallest absolute Gasteiger partial charge is 0.379 e. The summed E-state index contributed by atoms with van der Waals surface area (Å²) >= 11 is 0. The third-order valence-electron chi connectivity index (χ3n) is 2.86. The number of benzene rings is 1. The Labute approximate surface area is 120 Å². The largest absolute Gasteiger partial charge is 0.405 e. The molecule has 5 nitrogen and oxygen atoms in total. The van der Waals surface area contributed by atoms with Gasteiger partial charge < -0.3 is 10.2 Å². The van der Waals surface area contributed by atoms with Crippen molar-refractivity contribution in [3.05, 3.63) is 28.3 Å². The van der Waals surface area contributed by atoms with Gasteiger partial charge in [0, 0.05) is 13.1 Å². The first-order valence-electron chi connectivity index (χ1n) is 6.63. The zero-order valence-corrected chi connectivity index (χ0v) is 11.9. The van der Waals surface area contributed by atoms with E-state index in [-0.39, 0.29) is 23.6 Å². The van der Waals surface area contributed by atoms with E-state index in [2.05, 4.69) is 5.32 Å². The highest BCUT2D eigenvalue weighted by molar-refractivity contribution is 5.77. The minimum Gasteiger partial charge on any atom is -0.379 e. The van der Waals surface area contributed by atoms with E-state index in [0.29, 0.717) is 6.54 Å². The van der Waals surface area contributed by atoms with E-state index in [0.717, 1.165) is 11.3 Å². The third kappa shape index (κ3) is 4.80. The summed E-state index contributed by atoms with van der Waals surface area (Å²) < 4.78 is 37.8. The molecular weight excluding hydrogens is 287 g/mol. The molecule has 1 N–H and O–H groups in total. The summed E-state index contributed by atoms with van der Waals surface area (Å²) in [5.41, 5.74) is -0.113. The molecule has 0 amide bonds. The lowest BCUT2D eigenvalue weighted by Gasteiger charge is -2.24. The maximum absolute atomic E-state index is 12.6. The van der Waals surface area contributed by atoms with Gasteiger partial charge in [-0.1, -0.05) is 13.0 Å². The predicted octanol–water partition coefficient (Wildman–Crippen LogP) is 3.81. The SMILES string of the molecule is CCCNc1cccc(N(CC)CC(F)(F)F)c1[N+](=O)[O-]. The van der Waals surface area contributed by atoms with Crippen molar-refractivity contribution in [1.29, 1.82) is 0 Å². The number of anilines is 2. The molecule has 0 atom stereocenters. The topological polar surface area (TPSA) is 58.4 Å². The van der Waals surface area contributed by atoms with E-state index in [9.17, 15) is 23.3 Å². The minimum absolute atomic E-state index is 0.0254. The first kappa shape index (κ1) is 17.1. The Balaban J connectivity index is 3.23. The van der Waals surface area contributed by atoms with E-state index in [1.54, 1.807) is 0 Å². The van der Waals surface area contributed by atoms with E-state index < -0.39 is 17.6 Å². The molecule has 0 radical (unpaired) electrons. The van der Waals surface area contributed by atoms with E-state index in [4.69, 9.17) is 0 Å². The normalized spacial score (nSPS) is 11.3. The van der Waals surface area contributed by atoms with Gasteiger partial charge in [0.15, 0.2) is 0 Å². The van der Waals surface area contributed by atoms with E-state index in [1.165, 1.54) is 25.1 Å². The minimum atomic E-state index is -4.42. The summed E-state index contributed by atoms with van der Waals surface area (Å²) in [5.74, 6) is 0. The molecule has 0 heterocycles. The quantitative estimate of drug-likeness (QED) is 0.615. The van der Waals surface area contributed by atoms with Gasteiger partial charge in [0.1, 0.15) is 17.9 Å². The van der Waals surface area contributed by atoms with Crippen molar-refractivity contribution in [2.75, 3.05) is 29.9 Å². The fourth-order valence-corrected chi connectivity index (χ4v) is 1.96. The van der Waals surface area contributed by atoms with E-state index in [1.807, 2.05) is 6.92 Å². The molecule has 0 aliphatic heterocycles. The Morgan fingerprint density at radius 1 is 1.33 bits per heavy atom. The third-order valence-corrected chi connectivity index (χ3v) is 2.86. The van der Waals surface area contributed by atoms with Crippen molar-refractivity contribution in [2.24, 2.45) is 0 Å². The van der Waals surface area contributed by atoms with Gasteiger partial charge in [0.25, 0.3) is 0 Å². The molecular formula is C13H18F3N3O2. The highest BCUT2D eigenvalue weighted by atomic mass is 19.4. The Bertz CT molecular complexity index is 492. The van der Waals surface area contributed by atoms with Crippen LogP contribution in [0, 0.1) is 10.1 Å². The van der Waals surface area contributed by atoms with Gasteiger partial charge in [0.05, 0.1) is 4.92 Å². The molecule has 1 rings (SSSR count). The van der Waals surface area contributed by atoms with Gasteiger partial charge in [-0.05, 0) is 25.5 Å².